The summed E-state index contributed by atoms with van der Waals surface area (Å²) in [6.07, 6.45) is 2.57. The number of halogens is 1. The Balaban J connectivity index is 1.91. The second-order valence-corrected chi connectivity index (χ2v) is 4.88. The molecule has 0 aliphatic heterocycles. The van der Waals surface area contributed by atoms with Gasteiger partial charge in [0.1, 0.15) is 5.82 Å². The molecular weight excluding hydrogens is 271 g/mol. The lowest BCUT2D eigenvalue weighted by Crippen LogP contribution is -2.17. The molecule has 2 rings (SSSR count). The van der Waals surface area contributed by atoms with Crippen LogP contribution in [0.3, 0.4) is 0 Å². The average molecular weight is 290 g/mol. The summed E-state index contributed by atoms with van der Waals surface area (Å²) in [6, 6.07) is 6.12. The van der Waals surface area contributed by atoms with Crippen LogP contribution in [0.2, 0.25) is 0 Å². The Morgan fingerprint density at radius 2 is 2.14 bits per heavy atom. The van der Waals surface area contributed by atoms with Crippen LogP contribution in [0, 0.1) is 5.82 Å². The van der Waals surface area contributed by atoms with Gasteiger partial charge >= 0.3 is 0 Å². The quantitative estimate of drug-likeness (QED) is 0.761. The molecule has 0 atom stereocenters. The third-order valence-corrected chi connectivity index (χ3v) is 2.73. The van der Waals surface area contributed by atoms with Crippen LogP contribution in [0.1, 0.15) is 6.42 Å². The number of benzene rings is 1. The fourth-order valence-electron chi connectivity index (χ4n) is 1.75. The van der Waals surface area contributed by atoms with Gasteiger partial charge in [-0.3, -0.25) is 0 Å². The van der Waals surface area contributed by atoms with E-state index < -0.39 is 0 Å². The first kappa shape index (κ1) is 15.1. The summed E-state index contributed by atoms with van der Waals surface area (Å²) in [7, 11) is 4.07. The fraction of sp³-hybridized carbons (Fsp3) is 0.357. The first-order valence-electron chi connectivity index (χ1n) is 6.74. The van der Waals surface area contributed by atoms with Gasteiger partial charge in [-0.1, -0.05) is 6.07 Å². The largest absolute Gasteiger partial charge is 0.369 e. The van der Waals surface area contributed by atoms with E-state index in [0.29, 0.717) is 17.5 Å². The molecule has 0 aliphatic carbocycles. The highest BCUT2D eigenvalue weighted by Crippen LogP contribution is 2.14. The molecule has 7 heteroatoms. The van der Waals surface area contributed by atoms with Crippen LogP contribution < -0.4 is 10.6 Å². The second-order valence-electron chi connectivity index (χ2n) is 4.88. The van der Waals surface area contributed by atoms with E-state index in [4.69, 9.17) is 0 Å². The van der Waals surface area contributed by atoms with Crippen molar-refractivity contribution in [3.05, 3.63) is 36.3 Å². The van der Waals surface area contributed by atoms with E-state index in [9.17, 15) is 4.39 Å². The molecule has 1 heterocycles. The number of hydrogen-bond acceptors (Lipinski definition) is 6. The van der Waals surface area contributed by atoms with Crippen LogP contribution in [-0.4, -0.2) is 47.3 Å². The Morgan fingerprint density at radius 3 is 2.90 bits per heavy atom. The van der Waals surface area contributed by atoms with E-state index in [1.807, 2.05) is 14.1 Å². The van der Waals surface area contributed by atoms with Crippen LogP contribution >= 0.6 is 0 Å². The minimum Gasteiger partial charge on any atom is -0.369 e. The van der Waals surface area contributed by atoms with Crippen molar-refractivity contribution in [2.75, 3.05) is 37.8 Å². The van der Waals surface area contributed by atoms with E-state index in [1.54, 1.807) is 18.3 Å². The molecule has 6 nitrogen and oxygen atoms in total. The van der Waals surface area contributed by atoms with Crippen molar-refractivity contribution in [1.82, 2.24) is 20.1 Å². The minimum absolute atomic E-state index is 0.314. The van der Waals surface area contributed by atoms with Gasteiger partial charge < -0.3 is 15.5 Å². The molecule has 0 spiro atoms. The number of nitrogens with zero attached hydrogens (tertiary/aromatic N) is 4. The molecule has 21 heavy (non-hydrogen) atoms. The molecule has 0 radical (unpaired) electrons. The molecule has 0 fully saturated rings. The molecule has 0 amide bonds. The predicted molar refractivity (Wildman–Crippen MR) is 81.2 cm³/mol. The maximum absolute atomic E-state index is 13.1. The van der Waals surface area contributed by atoms with Gasteiger partial charge in [-0.25, -0.2) is 4.39 Å². The lowest BCUT2D eigenvalue weighted by Gasteiger charge is -2.10. The van der Waals surface area contributed by atoms with E-state index in [2.05, 4.69) is 30.7 Å². The van der Waals surface area contributed by atoms with E-state index >= 15 is 0 Å². The summed E-state index contributed by atoms with van der Waals surface area (Å²) in [5, 5.41) is 13.9. The Labute approximate surface area is 123 Å². The molecule has 2 aromatic rings. The highest BCUT2D eigenvalue weighted by atomic mass is 19.1. The zero-order chi connectivity index (χ0) is 15.1. The van der Waals surface area contributed by atoms with Gasteiger partial charge in [-0.05, 0) is 45.3 Å². The standard InChI is InChI=1S/C14H19FN6/c1-21(2)8-4-7-16-13-10-17-20-14(19-13)18-12-6-3-5-11(15)9-12/h3,5-6,9-10H,4,7-8H2,1-2H3,(H2,16,18,19,20). The molecule has 1 aromatic heterocycles. The Kier molecular flexibility index (Phi) is 5.39. The highest BCUT2D eigenvalue weighted by Gasteiger charge is 2.02. The van der Waals surface area contributed by atoms with Crippen LogP contribution in [-0.2, 0) is 0 Å². The van der Waals surface area contributed by atoms with Gasteiger partial charge in [0.05, 0.1) is 6.20 Å². The van der Waals surface area contributed by atoms with Crippen LogP contribution in [0.5, 0.6) is 0 Å². The number of aromatic nitrogens is 3. The molecule has 0 saturated heterocycles. The van der Waals surface area contributed by atoms with Gasteiger partial charge in [-0.15, -0.1) is 5.10 Å². The second kappa shape index (κ2) is 7.49. The molecule has 0 unspecified atom stereocenters. The van der Waals surface area contributed by atoms with Gasteiger partial charge in [0.2, 0.25) is 5.95 Å². The van der Waals surface area contributed by atoms with E-state index in [1.165, 1.54) is 12.1 Å². The summed E-state index contributed by atoms with van der Waals surface area (Å²) < 4.78 is 13.1. The summed E-state index contributed by atoms with van der Waals surface area (Å²) in [6.45, 7) is 1.80. The predicted octanol–water partition coefficient (Wildman–Crippen LogP) is 2.12. The number of nitrogens with one attached hydrogen (secondary N) is 2. The molecule has 112 valence electrons. The van der Waals surface area contributed by atoms with Gasteiger partial charge in [0.15, 0.2) is 5.82 Å². The maximum Gasteiger partial charge on any atom is 0.249 e. The van der Waals surface area contributed by atoms with Crippen molar-refractivity contribution in [3.8, 4) is 0 Å². The summed E-state index contributed by atoms with van der Waals surface area (Å²) >= 11 is 0. The molecule has 0 aliphatic rings. The molecule has 1 aromatic carbocycles. The van der Waals surface area contributed by atoms with Crippen LogP contribution in [0.15, 0.2) is 30.5 Å². The minimum atomic E-state index is -0.314. The summed E-state index contributed by atoms with van der Waals surface area (Å²) in [5.41, 5.74) is 0.585. The Morgan fingerprint density at radius 1 is 1.29 bits per heavy atom. The average Bonchev–Trinajstić information content (AvgIpc) is 2.44. The SMILES string of the molecule is CN(C)CCCNc1cnnc(Nc2cccc(F)c2)n1. The lowest BCUT2D eigenvalue weighted by molar-refractivity contribution is 0.405. The molecular formula is C14H19FN6. The summed E-state index contributed by atoms with van der Waals surface area (Å²) in [4.78, 5) is 6.40. The van der Waals surface area contributed by atoms with Crippen molar-refractivity contribution in [3.63, 3.8) is 0 Å². The monoisotopic (exact) mass is 290 g/mol. The van der Waals surface area contributed by atoms with Crippen LogP contribution in [0.25, 0.3) is 0 Å². The normalized spacial score (nSPS) is 10.7. The maximum atomic E-state index is 13.1. The number of rotatable bonds is 7. The first-order chi connectivity index (χ1) is 10.1. The lowest BCUT2D eigenvalue weighted by atomic mass is 10.3. The third-order valence-electron chi connectivity index (χ3n) is 2.73. The van der Waals surface area contributed by atoms with E-state index in [-0.39, 0.29) is 5.82 Å². The number of hydrogen-bond donors (Lipinski definition) is 2. The van der Waals surface area contributed by atoms with Gasteiger partial charge in [-0.2, -0.15) is 10.1 Å². The van der Waals surface area contributed by atoms with Crippen molar-refractivity contribution < 1.29 is 4.39 Å². The van der Waals surface area contributed by atoms with Crippen molar-refractivity contribution >= 4 is 17.5 Å². The molecule has 2 N–H and O–H groups in total. The summed E-state index contributed by atoms with van der Waals surface area (Å²) in [5.74, 6) is 0.659. The number of anilines is 3. The molecule has 0 saturated carbocycles. The topological polar surface area (TPSA) is 66.0 Å². The first-order valence-corrected chi connectivity index (χ1v) is 6.74. The van der Waals surface area contributed by atoms with Crippen molar-refractivity contribution in [2.45, 2.75) is 6.42 Å². The zero-order valence-electron chi connectivity index (χ0n) is 12.2. The third kappa shape index (κ3) is 5.31. The van der Waals surface area contributed by atoms with Crippen molar-refractivity contribution in [1.29, 1.82) is 0 Å². The van der Waals surface area contributed by atoms with Crippen molar-refractivity contribution in [2.24, 2.45) is 0 Å². The van der Waals surface area contributed by atoms with Gasteiger partial charge in [0.25, 0.3) is 0 Å². The Hall–Kier alpha value is -2.28. The van der Waals surface area contributed by atoms with Crippen LogP contribution in [0.4, 0.5) is 21.8 Å². The Bertz CT molecular complexity index is 575. The van der Waals surface area contributed by atoms with E-state index in [0.717, 1.165) is 19.5 Å². The highest BCUT2D eigenvalue weighted by molar-refractivity contribution is 5.53. The zero-order valence-corrected chi connectivity index (χ0v) is 12.2. The van der Waals surface area contributed by atoms with Gasteiger partial charge in [0, 0.05) is 12.2 Å². The fourth-order valence-corrected chi connectivity index (χ4v) is 1.75. The smallest absolute Gasteiger partial charge is 0.249 e. The molecule has 0 bridgehead atoms.